The lowest BCUT2D eigenvalue weighted by molar-refractivity contribution is -0.123. The van der Waals surface area contributed by atoms with Crippen molar-refractivity contribution < 1.29 is 13.9 Å². The van der Waals surface area contributed by atoms with Crippen LogP contribution in [0.5, 0.6) is 5.75 Å². The standard InChI is InChI=1S/C28H27NO3/c1-20(13-14-21-9-5-3-6-10-21)27(28(30)29-18-22-11-7-4-8-12-22)25-19-32-26-17-23(31-2)15-16-24(25)26/h3-17,19-20,27H,18H2,1-2H3,(H,29,30)/b14-13+/t20-,27-/m0/s1. The van der Waals surface area contributed by atoms with E-state index in [0.717, 1.165) is 27.8 Å². The van der Waals surface area contributed by atoms with E-state index in [1.54, 1.807) is 13.4 Å². The molecule has 0 fully saturated rings. The number of allylic oxidation sites excluding steroid dienone is 1. The van der Waals surface area contributed by atoms with E-state index < -0.39 is 5.92 Å². The van der Waals surface area contributed by atoms with Gasteiger partial charge in [-0.15, -0.1) is 0 Å². The second-order valence-electron chi connectivity index (χ2n) is 7.86. The Bertz CT molecular complexity index is 1200. The highest BCUT2D eigenvalue weighted by Gasteiger charge is 2.28. The molecule has 4 nitrogen and oxygen atoms in total. The summed E-state index contributed by atoms with van der Waals surface area (Å²) in [5.74, 6) is 0.250. The third-order valence-corrected chi connectivity index (χ3v) is 5.66. The molecule has 0 aliphatic heterocycles. The van der Waals surface area contributed by atoms with E-state index in [2.05, 4.69) is 24.4 Å². The number of ether oxygens (including phenoxy) is 1. The van der Waals surface area contributed by atoms with Gasteiger partial charge in [-0.05, 0) is 29.2 Å². The molecule has 0 aliphatic carbocycles. The summed E-state index contributed by atoms with van der Waals surface area (Å²) in [6.07, 6.45) is 5.85. The van der Waals surface area contributed by atoms with Gasteiger partial charge in [-0.25, -0.2) is 0 Å². The molecule has 162 valence electrons. The van der Waals surface area contributed by atoms with Crippen LogP contribution in [0.25, 0.3) is 17.0 Å². The van der Waals surface area contributed by atoms with Gasteiger partial charge in [-0.2, -0.15) is 0 Å². The van der Waals surface area contributed by atoms with Gasteiger partial charge in [0, 0.05) is 23.6 Å². The Labute approximate surface area is 188 Å². The molecule has 1 aromatic heterocycles. The molecule has 0 unspecified atom stereocenters. The summed E-state index contributed by atoms with van der Waals surface area (Å²) in [7, 11) is 1.63. The van der Waals surface area contributed by atoms with Crippen molar-refractivity contribution in [3.63, 3.8) is 0 Å². The predicted molar refractivity (Wildman–Crippen MR) is 128 cm³/mol. The van der Waals surface area contributed by atoms with Crippen LogP contribution in [0.4, 0.5) is 0 Å². The van der Waals surface area contributed by atoms with Gasteiger partial charge in [0.1, 0.15) is 11.3 Å². The largest absolute Gasteiger partial charge is 0.497 e. The SMILES string of the molecule is COc1ccc2c([C@@H](C(=O)NCc3ccccc3)[C@@H](C)/C=C/c3ccccc3)coc2c1. The molecule has 32 heavy (non-hydrogen) atoms. The van der Waals surface area contributed by atoms with Crippen LogP contribution in [-0.4, -0.2) is 13.0 Å². The number of nitrogens with one attached hydrogen (secondary N) is 1. The molecule has 0 saturated heterocycles. The fourth-order valence-electron chi connectivity index (χ4n) is 3.89. The summed E-state index contributed by atoms with van der Waals surface area (Å²) in [5.41, 5.74) is 3.75. The molecular weight excluding hydrogens is 398 g/mol. The summed E-state index contributed by atoms with van der Waals surface area (Å²) < 4.78 is 11.1. The minimum atomic E-state index is -0.395. The Balaban J connectivity index is 1.64. The lowest BCUT2D eigenvalue weighted by Crippen LogP contribution is -2.31. The van der Waals surface area contributed by atoms with E-state index in [4.69, 9.17) is 9.15 Å². The minimum Gasteiger partial charge on any atom is -0.497 e. The molecule has 3 aromatic carbocycles. The third kappa shape index (κ3) is 4.92. The number of carbonyl (C=O) groups excluding carboxylic acids is 1. The first-order chi connectivity index (χ1) is 15.7. The number of furan rings is 1. The first-order valence-electron chi connectivity index (χ1n) is 10.8. The van der Waals surface area contributed by atoms with Crippen LogP contribution in [0.15, 0.2) is 95.6 Å². The number of benzene rings is 3. The van der Waals surface area contributed by atoms with Gasteiger partial charge in [-0.1, -0.05) is 79.7 Å². The Morgan fingerprint density at radius 3 is 2.47 bits per heavy atom. The molecule has 1 N–H and O–H groups in total. The lowest BCUT2D eigenvalue weighted by Gasteiger charge is -2.21. The number of hydrogen-bond acceptors (Lipinski definition) is 3. The molecule has 1 amide bonds. The quantitative estimate of drug-likeness (QED) is 0.366. The summed E-state index contributed by atoms with van der Waals surface area (Å²) in [5, 5.41) is 4.04. The number of fused-ring (bicyclic) bond motifs is 1. The van der Waals surface area contributed by atoms with E-state index in [1.165, 1.54) is 0 Å². The Kier molecular flexibility index (Phi) is 6.71. The van der Waals surface area contributed by atoms with Crippen molar-refractivity contribution >= 4 is 23.0 Å². The first kappa shape index (κ1) is 21.4. The maximum absolute atomic E-state index is 13.4. The van der Waals surface area contributed by atoms with Gasteiger partial charge in [0.15, 0.2) is 0 Å². The number of methoxy groups -OCH3 is 1. The monoisotopic (exact) mass is 425 g/mol. The average Bonchev–Trinajstić information content (AvgIpc) is 3.25. The zero-order valence-corrected chi connectivity index (χ0v) is 18.3. The van der Waals surface area contributed by atoms with Crippen LogP contribution in [0.1, 0.15) is 29.5 Å². The number of hydrogen-bond donors (Lipinski definition) is 1. The summed E-state index contributed by atoms with van der Waals surface area (Å²) in [6, 6.07) is 25.7. The zero-order valence-electron chi connectivity index (χ0n) is 18.3. The fraction of sp³-hybridized carbons (Fsp3) is 0.179. The first-order valence-corrected chi connectivity index (χ1v) is 10.8. The van der Waals surface area contributed by atoms with E-state index in [0.29, 0.717) is 12.1 Å². The van der Waals surface area contributed by atoms with Gasteiger partial charge in [0.2, 0.25) is 5.91 Å². The molecule has 0 aliphatic rings. The molecule has 2 atom stereocenters. The van der Waals surface area contributed by atoms with Gasteiger partial charge in [0.25, 0.3) is 0 Å². The van der Waals surface area contributed by atoms with Crippen molar-refractivity contribution in [2.75, 3.05) is 7.11 Å². The van der Waals surface area contributed by atoms with Crippen molar-refractivity contribution in [3.8, 4) is 5.75 Å². The Morgan fingerprint density at radius 1 is 1.03 bits per heavy atom. The van der Waals surface area contributed by atoms with Crippen molar-refractivity contribution in [1.82, 2.24) is 5.32 Å². The lowest BCUT2D eigenvalue weighted by atomic mass is 9.85. The highest BCUT2D eigenvalue weighted by atomic mass is 16.5. The van der Waals surface area contributed by atoms with Crippen LogP contribution in [0, 0.1) is 5.92 Å². The van der Waals surface area contributed by atoms with Gasteiger partial charge >= 0.3 is 0 Å². The normalized spacial score (nSPS) is 13.2. The molecule has 4 rings (SSSR count). The van der Waals surface area contributed by atoms with Crippen molar-refractivity contribution in [2.45, 2.75) is 19.4 Å². The molecule has 0 radical (unpaired) electrons. The second kappa shape index (κ2) is 10.0. The number of rotatable bonds is 8. The molecular formula is C28H27NO3. The van der Waals surface area contributed by atoms with E-state index >= 15 is 0 Å². The van der Waals surface area contributed by atoms with E-state index in [1.807, 2.05) is 78.9 Å². The van der Waals surface area contributed by atoms with E-state index in [-0.39, 0.29) is 11.8 Å². The molecule has 1 heterocycles. The topological polar surface area (TPSA) is 51.5 Å². The highest BCUT2D eigenvalue weighted by Crippen LogP contribution is 2.35. The van der Waals surface area contributed by atoms with Crippen LogP contribution < -0.4 is 10.1 Å². The van der Waals surface area contributed by atoms with Gasteiger partial charge in [0.05, 0.1) is 19.3 Å². The number of carbonyl (C=O) groups is 1. The highest BCUT2D eigenvalue weighted by molar-refractivity contribution is 5.92. The zero-order chi connectivity index (χ0) is 22.3. The van der Waals surface area contributed by atoms with Crippen molar-refractivity contribution in [1.29, 1.82) is 0 Å². The average molecular weight is 426 g/mol. The Hall–Kier alpha value is -3.79. The van der Waals surface area contributed by atoms with Crippen LogP contribution in [0.3, 0.4) is 0 Å². The van der Waals surface area contributed by atoms with Crippen LogP contribution in [-0.2, 0) is 11.3 Å². The fourth-order valence-corrected chi connectivity index (χ4v) is 3.89. The molecule has 0 bridgehead atoms. The van der Waals surface area contributed by atoms with Gasteiger partial charge in [-0.3, -0.25) is 4.79 Å². The maximum Gasteiger partial charge on any atom is 0.228 e. The summed E-state index contributed by atoms with van der Waals surface area (Å²) >= 11 is 0. The maximum atomic E-state index is 13.4. The number of amides is 1. The minimum absolute atomic E-state index is 0.0300. The summed E-state index contributed by atoms with van der Waals surface area (Å²) in [4.78, 5) is 13.4. The smallest absolute Gasteiger partial charge is 0.228 e. The van der Waals surface area contributed by atoms with E-state index in [9.17, 15) is 4.79 Å². The molecule has 0 saturated carbocycles. The van der Waals surface area contributed by atoms with Crippen molar-refractivity contribution in [2.24, 2.45) is 5.92 Å². The molecule has 4 heteroatoms. The van der Waals surface area contributed by atoms with Crippen LogP contribution in [0.2, 0.25) is 0 Å². The summed E-state index contributed by atoms with van der Waals surface area (Å²) in [6.45, 7) is 2.55. The predicted octanol–water partition coefficient (Wildman–Crippen LogP) is 6.19. The van der Waals surface area contributed by atoms with Crippen LogP contribution >= 0.6 is 0 Å². The third-order valence-electron chi connectivity index (χ3n) is 5.66. The van der Waals surface area contributed by atoms with Crippen molar-refractivity contribution in [3.05, 3.63) is 108 Å². The molecule has 4 aromatic rings. The van der Waals surface area contributed by atoms with Gasteiger partial charge < -0.3 is 14.5 Å². The Morgan fingerprint density at radius 2 is 1.75 bits per heavy atom. The second-order valence-corrected chi connectivity index (χ2v) is 7.86. The molecule has 0 spiro atoms.